The molecule has 2 aromatic rings. The van der Waals surface area contributed by atoms with Crippen LogP contribution in [0.4, 0.5) is 0 Å². The molecule has 0 radical (unpaired) electrons. The zero-order chi connectivity index (χ0) is 18.8. The van der Waals surface area contributed by atoms with Gasteiger partial charge in [-0.05, 0) is 36.3 Å². The van der Waals surface area contributed by atoms with Gasteiger partial charge >= 0.3 is 0 Å². The van der Waals surface area contributed by atoms with Gasteiger partial charge in [-0.2, -0.15) is 0 Å². The Balaban J connectivity index is 2.00. The van der Waals surface area contributed by atoms with Crippen LogP contribution in [0.25, 0.3) is 0 Å². The van der Waals surface area contributed by atoms with Crippen LogP contribution in [0.1, 0.15) is 31.4 Å². The van der Waals surface area contributed by atoms with Crippen molar-refractivity contribution >= 4 is 15.9 Å². The van der Waals surface area contributed by atoms with Crippen LogP contribution >= 0.6 is 0 Å². The van der Waals surface area contributed by atoms with Crippen LogP contribution < -0.4 is 10.2 Å². The summed E-state index contributed by atoms with van der Waals surface area (Å²) in [5.74, 6) is 0.181. The van der Waals surface area contributed by atoms with Crippen LogP contribution in [-0.2, 0) is 25.2 Å². The molecule has 1 aliphatic rings. The molecule has 2 N–H and O–H groups in total. The standard InChI is InChI=1S/C19H20N2O4S/c1-3-18(22)20-26(23,24)17-11-9-16(10-12-17)19(13-14(2)25-21-19)15-7-5-4-6-8-15/h4-13,21H,3H2,1-2H3,(H,20,22). The molecule has 0 fully saturated rings. The van der Waals surface area contributed by atoms with Crippen molar-refractivity contribution in [1.82, 2.24) is 10.2 Å². The van der Waals surface area contributed by atoms with E-state index in [0.29, 0.717) is 0 Å². The first-order chi connectivity index (χ1) is 12.4. The maximum Gasteiger partial charge on any atom is 0.264 e. The number of hydroxylamine groups is 1. The molecule has 1 atom stereocenters. The second-order valence-corrected chi connectivity index (χ2v) is 7.72. The molecule has 0 aliphatic carbocycles. The molecule has 0 aromatic heterocycles. The summed E-state index contributed by atoms with van der Waals surface area (Å²) in [6.07, 6.45) is 2.05. The van der Waals surface area contributed by atoms with E-state index >= 15 is 0 Å². The molecule has 6 nitrogen and oxygen atoms in total. The zero-order valence-corrected chi connectivity index (χ0v) is 15.3. The lowest BCUT2D eigenvalue weighted by Crippen LogP contribution is -2.37. The van der Waals surface area contributed by atoms with E-state index < -0.39 is 21.5 Å². The Morgan fingerprint density at radius 1 is 1.08 bits per heavy atom. The Hall–Kier alpha value is -2.64. The molecule has 1 aliphatic heterocycles. The molecule has 136 valence electrons. The third-order valence-corrected chi connectivity index (χ3v) is 5.60. The van der Waals surface area contributed by atoms with Gasteiger partial charge in [0, 0.05) is 6.42 Å². The molecule has 1 unspecified atom stereocenters. The number of nitrogens with one attached hydrogen (secondary N) is 2. The van der Waals surface area contributed by atoms with E-state index in [1.807, 2.05) is 48.1 Å². The lowest BCUT2D eigenvalue weighted by molar-refractivity contribution is -0.119. The maximum atomic E-state index is 12.3. The van der Waals surface area contributed by atoms with Crippen molar-refractivity contribution in [2.75, 3.05) is 0 Å². The van der Waals surface area contributed by atoms with Gasteiger partial charge < -0.3 is 4.84 Å². The van der Waals surface area contributed by atoms with E-state index in [9.17, 15) is 13.2 Å². The molecule has 0 saturated heterocycles. The van der Waals surface area contributed by atoms with Gasteiger partial charge in [0.1, 0.15) is 11.3 Å². The van der Waals surface area contributed by atoms with E-state index in [-0.39, 0.29) is 11.3 Å². The van der Waals surface area contributed by atoms with Crippen molar-refractivity contribution in [2.24, 2.45) is 0 Å². The smallest absolute Gasteiger partial charge is 0.264 e. The summed E-state index contributed by atoms with van der Waals surface area (Å²) in [5, 5.41) is 0. The number of hydrogen-bond donors (Lipinski definition) is 2. The van der Waals surface area contributed by atoms with Crippen molar-refractivity contribution in [3.8, 4) is 0 Å². The first-order valence-corrected chi connectivity index (χ1v) is 9.71. The SMILES string of the molecule is CCC(=O)NS(=O)(=O)c1ccc(C2(c3ccccc3)C=C(C)ON2)cc1. The average molecular weight is 372 g/mol. The van der Waals surface area contributed by atoms with Crippen LogP contribution in [0.3, 0.4) is 0 Å². The van der Waals surface area contributed by atoms with E-state index in [1.54, 1.807) is 19.1 Å². The van der Waals surface area contributed by atoms with E-state index in [0.717, 1.165) is 16.9 Å². The van der Waals surface area contributed by atoms with E-state index in [2.05, 4.69) is 5.48 Å². The van der Waals surface area contributed by atoms with Gasteiger partial charge in [0.2, 0.25) is 5.91 Å². The summed E-state index contributed by atoms with van der Waals surface area (Å²) in [4.78, 5) is 16.9. The molecular weight excluding hydrogens is 352 g/mol. The Labute approximate surface area is 152 Å². The Bertz CT molecular complexity index is 937. The fourth-order valence-corrected chi connectivity index (χ4v) is 3.91. The third-order valence-electron chi connectivity index (χ3n) is 4.21. The normalized spacial score (nSPS) is 19.5. The predicted molar refractivity (Wildman–Crippen MR) is 97.3 cm³/mol. The molecule has 0 spiro atoms. The molecule has 0 bridgehead atoms. The lowest BCUT2D eigenvalue weighted by Gasteiger charge is -2.27. The molecule has 3 rings (SSSR count). The van der Waals surface area contributed by atoms with Gasteiger partial charge in [0.15, 0.2) is 0 Å². The summed E-state index contributed by atoms with van der Waals surface area (Å²) in [6, 6.07) is 16.1. The van der Waals surface area contributed by atoms with E-state index in [1.165, 1.54) is 12.1 Å². The van der Waals surface area contributed by atoms with Crippen LogP contribution in [0.2, 0.25) is 0 Å². The van der Waals surface area contributed by atoms with Crippen molar-refractivity contribution < 1.29 is 18.0 Å². The predicted octanol–water partition coefficient (Wildman–Crippen LogP) is 2.58. The molecule has 1 heterocycles. The second kappa shape index (κ2) is 6.93. The monoisotopic (exact) mass is 372 g/mol. The van der Waals surface area contributed by atoms with Crippen molar-refractivity contribution in [2.45, 2.75) is 30.7 Å². The highest BCUT2D eigenvalue weighted by atomic mass is 32.2. The number of amides is 1. The Morgan fingerprint density at radius 2 is 1.69 bits per heavy atom. The molecule has 2 aromatic carbocycles. The quantitative estimate of drug-likeness (QED) is 0.843. The van der Waals surface area contributed by atoms with Crippen LogP contribution in [0.5, 0.6) is 0 Å². The van der Waals surface area contributed by atoms with Gasteiger partial charge in [-0.25, -0.2) is 13.1 Å². The molecule has 0 saturated carbocycles. The van der Waals surface area contributed by atoms with Gasteiger partial charge in [-0.15, -0.1) is 5.48 Å². The fourth-order valence-electron chi connectivity index (χ4n) is 2.85. The van der Waals surface area contributed by atoms with Crippen molar-refractivity contribution in [3.05, 3.63) is 77.6 Å². The first kappa shape index (κ1) is 18.2. The van der Waals surface area contributed by atoms with Gasteiger partial charge in [0.25, 0.3) is 10.0 Å². The number of rotatable bonds is 5. The minimum atomic E-state index is -3.87. The summed E-state index contributed by atoms with van der Waals surface area (Å²) < 4.78 is 26.5. The highest BCUT2D eigenvalue weighted by molar-refractivity contribution is 7.90. The van der Waals surface area contributed by atoms with E-state index in [4.69, 9.17) is 4.84 Å². The first-order valence-electron chi connectivity index (χ1n) is 8.22. The zero-order valence-electron chi connectivity index (χ0n) is 14.5. The van der Waals surface area contributed by atoms with Gasteiger partial charge in [-0.1, -0.05) is 49.4 Å². The number of allylic oxidation sites excluding steroid dienone is 1. The largest absolute Gasteiger partial charge is 0.412 e. The molecular formula is C19H20N2O4S. The third kappa shape index (κ3) is 3.36. The number of carbonyl (C=O) groups excluding carboxylic acids is 1. The highest BCUT2D eigenvalue weighted by Crippen LogP contribution is 2.36. The summed E-state index contributed by atoms with van der Waals surface area (Å²) in [7, 11) is -3.87. The number of benzene rings is 2. The lowest BCUT2D eigenvalue weighted by atomic mass is 9.83. The Kier molecular flexibility index (Phi) is 4.84. The summed E-state index contributed by atoms with van der Waals surface area (Å²) >= 11 is 0. The van der Waals surface area contributed by atoms with Crippen LogP contribution in [0.15, 0.2) is 71.3 Å². The number of hydrogen-bond acceptors (Lipinski definition) is 5. The summed E-state index contributed by atoms with van der Waals surface area (Å²) in [6.45, 7) is 3.44. The van der Waals surface area contributed by atoms with Crippen LogP contribution in [0, 0.1) is 0 Å². The maximum absolute atomic E-state index is 12.3. The van der Waals surface area contributed by atoms with Crippen LogP contribution in [-0.4, -0.2) is 14.3 Å². The highest BCUT2D eigenvalue weighted by Gasteiger charge is 2.37. The van der Waals surface area contributed by atoms with Gasteiger partial charge in [-0.3, -0.25) is 4.79 Å². The summed E-state index contributed by atoms with van der Waals surface area (Å²) in [5.41, 5.74) is 4.12. The topological polar surface area (TPSA) is 84.5 Å². The average Bonchev–Trinajstić information content (AvgIpc) is 3.05. The molecule has 26 heavy (non-hydrogen) atoms. The van der Waals surface area contributed by atoms with Gasteiger partial charge in [0.05, 0.1) is 4.90 Å². The Morgan fingerprint density at radius 3 is 2.23 bits per heavy atom. The second-order valence-electron chi connectivity index (χ2n) is 6.04. The minimum absolute atomic E-state index is 0.0332. The van der Waals surface area contributed by atoms with Crippen molar-refractivity contribution in [1.29, 1.82) is 0 Å². The number of carbonyl (C=O) groups is 1. The minimum Gasteiger partial charge on any atom is -0.412 e. The fraction of sp³-hybridized carbons (Fsp3) is 0.211. The molecule has 7 heteroatoms. The molecule has 1 amide bonds. The van der Waals surface area contributed by atoms with Crippen molar-refractivity contribution in [3.63, 3.8) is 0 Å². The number of sulfonamides is 1.